The zero-order valence-electron chi connectivity index (χ0n) is 10.9. The van der Waals surface area contributed by atoms with Crippen LogP contribution >= 0.6 is 7.60 Å². The number of hydrogen-bond acceptors (Lipinski definition) is 4. The van der Waals surface area contributed by atoms with Gasteiger partial charge in [-0.05, 0) is 12.8 Å². The van der Waals surface area contributed by atoms with Crippen LogP contribution < -0.4 is 0 Å². The molecule has 5 nitrogen and oxygen atoms in total. The lowest BCUT2D eigenvalue weighted by atomic mass is 10.4. The Bertz CT molecular complexity index is 210. The molecule has 6 heteroatoms. The van der Waals surface area contributed by atoms with Crippen LogP contribution in [0.3, 0.4) is 0 Å². The van der Waals surface area contributed by atoms with Crippen LogP contribution in [0.25, 0.3) is 0 Å². The number of rotatable bonds is 12. The van der Waals surface area contributed by atoms with E-state index in [1.54, 1.807) is 0 Å². The lowest BCUT2D eigenvalue weighted by molar-refractivity contribution is 0.0343. The third-order valence-corrected chi connectivity index (χ3v) is 3.64. The third kappa shape index (κ3) is 12.3. The van der Waals surface area contributed by atoms with Crippen LogP contribution in [-0.4, -0.2) is 44.1 Å². The summed E-state index contributed by atoms with van der Waals surface area (Å²) in [6.07, 6.45) is 3.03. The van der Waals surface area contributed by atoms with Gasteiger partial charge in [0.25, 0.3) is 0 Å². The minimum Gasteiger partial charge on any atom is -0.379 e. The van der Waals surface area contributed by atoms with Gasteiger partial charge in [-0.25, -0.2) is 0 Å². The first kappa shape index (κ1) is 17.1. The average molecular weight is 268 g/mol. The van der Waals surface area contributed by atoms with E-state index in [0.29, 0.717) is 26.2 Å². The van der Waals surface area contributed by atoms with Gasteiger partial charge in [-0.2, -0.15) is 0 Å². The van der Waals surface area contributed by atoms with E-state index < -0.39 is 7.60 Å². The van der Waals surface area contributed by atoms with Crippen molar-refractivity contribution in [2.45, 2.75) is 33.1 Å². The van der Waals surface area contributed by atoms with E-state index >= 15 is 0 Å². The van der Waals surface area contributed by atoms with Crippen LogP contribution in [-0.2, 0) is 18.6 Å². The SMILES string of the molecule is CCCCOCCOCCOP(=O)(O)CCC. The van der Waals surface area contributed by atoms with Gasteiger partial charge in [-0.3, -0.25) is 4.57 Å². The summed E-state index contributed by atoms with van der Waals surface area (Å²) in [6.45, 7) is 6.26. The van der Waals surface area contributed by atoms with Crippen molar-refractivity contribution in [3.05, 3.63) is 0 Å². The van der Waals surface area contributed by atoms with E-state index in [2.05, 4.69) is 6.92 Å². The average Bonchev–Trinajstić information content (AvgIpc) is 2.27. The third-order valence-electron chi connectivity index (χ3n) is 2.04. The molecular weight excluding hydrogens is 243 g/mol. The maximum atomic E-state index is 11.3. The van der Waals surface area contributed by atoms with E-state index in [-0.39, 0.29) is 12.8 Å². The Morgan fingerprint density at radius 3 is 2.12 bits per heavy atom. The number of ether oxygens (including phenoxy) is 2. The first-order valence-corrected chi connectivity index (χ1v) is 8.00. The summed E-state index contributed by atoms with van der Waals surface area (Å²) in [6, 6.07) is 0. The summed E-state index contributed by atoms with van der Waals surface area (Å²) in [7, 11) is -3.37. The van der Waals surface area contributed by atoms with E-state index in [1.165, 1.54) is 0 Å². The molecule has 0 heterocycles. The Balaban J connectivity index is 3.21. The highest BCUT2D eigenvalue weighted by atomic mass is 31.2. The standard InChI is InChI=1S/C11H25O5P/c1-3-5-6-14-7-8-15-9-10-16-17(12,13)11-4-2/h3-11H2,1-2H3,(H,12,13). The van der Waals surface area contributed by atoms with Crippen LogP contribution in [0.15, 0.2) is 0 Å². The predicted molar refractivity (Wildman–Crippen MR) is 67.5 cm³/mol. The molecule has 0 aliphatic carbocycles. The van der Waals surface area contributed by atoms with Crippen LogP contribution in [0.2, 0.25) is 0 Å². The molecule has 0 radical (unpaired) electrons. The van der Waals surface area contributed by atoms with Crippen molar-refractivity contribution in [3.63, 3.8) is 0 Å². The Kier molecular flexibility index (Phi) is 11.2. The van der Waals surface area contributed by atoms with Crippen LogP contribution in [0.1, 0.15) is 33.1 Å². The van der Waals surface area contributed by atoms with Gasteiger partial charge in [-0.15, -0.1) is 0 Å². The Morgan fingerprint density at radius 2 is 1.53 bits per heavy atom. The Hall–Kier alpha value is 0.0700. The molecule has 1 atom stereocenters. The second-order valence-electron chi connectivity index (χ2n) is 3.77. The van der Waals surface area contributed by atoms with E-state index in [4.69, 9.17) is 14.0 Å². The molecule has 0 saturated carbocycles. The van der Waals surface area contributed by atoms with Crippen LogP contribution in [0.5, 0.6) is 0 Å². The van der Waals surface area contributed by atoms with E-state index in [9.17, 15) is 9.46 Å². The maximum Gasteiger partial charge on any atom is 0.328 e. The molecule has 0 aromatic carbocycles. The molecule has 0 spiro atoms. The number of hydrogen-bond donors (Lipinski definition) is 1. The van der Waals surface area contributed by atoms with E-state index in [1.807, 2.05) is 6.92 Å². The molecule has 0 amide bonds. The fourth-order valence-electron chi connectivity index (χ4n) is 1.15. The maximum absolute atomic E-state index is 11.3. The monoisotopic (exact) mass is 268 g/mol. The van der Waals surface area contributed by atoms with E-state index in [0.717, 1.165) is 19.4 Å². The van der Waals surface area contributed by atoms with Gasteiger partial charge in [0, 0.05) is 12.8 Å². The summed E-state index contributed by atoms with van der Waals surface area (Å²) in [4.78, 5) is 9.27. The second kappa shape index (κ2) is 11.2. The van der Waals surface area contributed by atoms with Crippen molar-refractivity contribution < 1.29 is 23.5 Å². The zero-order valence-corrected chi connectivity index (χ0v) is 11.8. The molecule has 0 aromatic rings. The molecule has 0 bridgehead atoms. The second-order valence-corrected chi connectivity index (χ2v) is 5.75. The summed E-state index contributed by atoms with van der Waals surface area (Å²) in [5.41, 5.74) is 0. The minimum absolute atomic E-state index is 0.155. The molecule has 1 N–H and O–H groups in total. The van der Waals surface area contributed by atoms with Gasteiger partial charge < -0.3 is 18.9 Å². The Morgan fingerprint density at radius 1 is 0.941 bits per heavy atom. The molecule has 0 rings (SSSR count). The van der Waals surface area contributed by atoms with Gasteiger partial charge in [0.15, 0.2) is 0 Å². The highest BCUT2D eigenvalue weighted by Crippen LogP contribution is 2.41. The molecule has 0 saturated heterocycles. The fourth-order valence-corrected chi connectivity index (χ4v) is 2.21. The summed E-state index contributed by atoms with van der Waals surface area (Å²) < 4.78 is 26.6. The van der Waals surface area contributed by atoms with Gasteiger partial charge in [0.05, 0.1) is 26.4 Å². The Labute approximate surface area is 104 Å². The smallest absolute Gasteiger partial charge is 0.328 e. The predicted octanol–water partition coefficient (Wildman–Crippen LogP) is 2.43. The van der Waals surface area contributed by atoms with Crippen molar-refractivity contribution in [3.8, 4) is 0 Å². The van der Waals surface area contributed by atoms with Crippen LogP contribution in [0, 0.1) is 0 Å². The molecule has 17 heavy (non-hydrogen) atoms. The lowest BCUT2D eigenvalue weighted by Crippen LogP contribution is -2.09. The topological polar surface area (TPSA) is 65.0 Å². The molecular formula is C11H25O5P. The highest BCUT2D eigenvalue weighted by Gasteiger charge is 2.16. The minimum atomic E-state index is -3.37. The molecule has 0 fully saturated rings. The largest absolute Gasteiger partial charge is 0.379 e. The van der Waals surface area contributed by atoms with Crippen molar-refractivity contribution in [2.24, 2.45) is 0 Å². The molecule has 0 aromatic heterocycles. The fraction of sp³-hybridized carbons (Fsp3) is 1.00. The van der Waals surface area contributed by atoms with Gasteiger partial charge in [0.2, 0.25) is 0 Å². The quantitative estimate of drug-likeness (QED) is 0.435. The molecule has 0 aliphatic rings. The normalized spacial score (nSPS) is 14.8. The van der Waals surface area contributed by atoms with Gasteiger partial charge >= 0.3 is 7.60 Å². The first-order chi connectivity index (χ1) is 8.12. The zero-order chi connectivity index (χ0) is 13.0. The highest BCUT2D eigenvalue weighted by molar-refractivity contribution is 7.52. The van der Waals surface area contributed by atoms with Gasteiger partial charge in [0.1, 0.15) is 0 Å². The van der Waals surface area contributed by atoms with Crippen molar-refractivity contribution in [1.82, 2.24) is 0 Å². The van der Waals surface area contributed by atoms with Crippen molar-refractivity contribution >= 4 is 7.60 Å². The van der Waals surface area contributed by atoms with Crippen molar-refractivity contribution in [2.75, 3.05) is 39.2 Å². The molecule has 0 aliphatic heterocycles. The molecule has 104 valence electrons. The summed E-state index contributed by atoms with van der Waals surface area (Å²) in [5, 5.41) is 0. The van der Waals surface area contributed by atoms with Gasteiger partial charge in [-0.1, -0.05) is 20.3 Å². The lowest BCUT2D eigenvalue weighted by Gasteiger charge is -2.11. The van der Waals surface area contributed by atoms with Crippen LogP contribution in [0.4, 0.5) is 0 Å². The summed E-state index contributed by atoms with van der Waals surface area (Å²) >= 11 is 0. The van der Waals surface area contributed by atoms with Crippen molar-refractivity contribution in [1.29, 1.82) is 0 Å². The first-order valence-electron chi connectivity index (χ1n) is 6.24. The molecule has 1 unspecified atom stereocenters. The summed E-state index contributed by atoms with van der Waals surface area (Å²) in [5.74, 6) is 0. The number of unbranched alkanes of at least 4 members (excludes halogenated alkanes) is 1.